The molecule has 7 nitrogen and oxygen atoms in total. The van der Waals surface area contributed by atoms with Gasteiger partial charge in [-0.25, -0.2) is 9.89 Å². The summed E-state index contributed by atoms with van der Waals surface area (Å²) >= 11 is 0. The standard InChI is InChI=1S/C16H22N4O3/c1-10(13-18-15(22)20-19-13)17-14(21)12-6-4-11(5-7-12)8-9-16(2,3)23/h4-7,10,23H,8-9H2,1-3H3,(H,17,21)(H2,18,19,20,22)/t10-/m1/s1. The maximum Gasteiger partial charge on any atom is 0.340 e. The molecule has 0 fully saturated rings. The van der Waals surface area contributed by atoms with E-state index in [1.165, 1.54) is 0 Å². The monoisotopic (exact) mass is 318 g/mol. The number of nitrogens with zero attached hydrogens (tertiary/aromatic N) is 1. The smallest absolute Gasteiger partial charge is 0.340 e. The maximum absolute atomic E-state index is 12.2. The predicted molar refractivity (Wildman–Crippen MR) is 86.2 cm³/mol. The highest BCUT2D eigenvalue weighted by molar-refractivity contribution is 5.94. The lowest BCUT2D eigenvalue weighted by Crippen LogP contribution is -2.27. The molecule has 0 saturated heterocycles. The lowest BCUT2D eigenvalue weighted by atomic mass is 9.98. The Morgan fingerprint density at radius 2 is 2.00 bits per heavy atom. The largest absolute Gasteiger partial charge is 0.390 e. The van der Waals surface area contributed by atoms with Crippen LogP contribution in [-0.4, -0.2) is 31.8 Å². The molecule has 1 atom stereocenters. The summed E-state index contributed by atoms with van der Waals surface area (Å²) < 4.78 is 0. The molecule has 2 aromatic rings. The average molecular weight is 318 g/mol. The van der Waals surface area contributed by atoms with Gasteiger partial charge in [-0.2, -0.15) is 5.10 Å². The van der Waals surface area contributed by atoms with Crippen molar-refractivity contribution >= 4 is 5.91 Å². The molecule has 0 saturated carbocycles. The summed E-state index contributed by atoms with van der Waals surface area (Å²) in [6.07, 6.45) is 1.40. The third-order valence-electron chi connectivity index (χ3n) is 3.52. The van der Waals surface area contributed by atoms with Crippen LogP contribution in [0.1, 0.15) is 55.0 Å². The van der Waals surface area contributed by atoms with Gasteiger partial charge in [0.25, 0.3) is 5.91 Å². The highest BCUT2D eigenvalue weighted by atomic mass is 16.3. The molecule has 1 aromatic heterocycles. The van der Waals surface area contributed by atoms with E-state index in [-0.39, 0.29) is 5.91 Å². The molecular weight excluding hydrogens is 296 g/mol. The summed E-state index contributed by atoms with van der Waals surface area (Å²) in [7, 11) is 0. The molecule has 1 amide bonds. The van der Waals surface area contributed by atoms with E-state index >= 15 is 0 Å². The van der Waals surface area contributed by atoms with Crippen LogP contribution in [0.5, 0.6) is 0 Å². The molecule has 124 valence electrons. The van der Waals surface area contributed by atoms with Gasteiger partial charge in [0.1, 0.15) is 0 Å². The summed E-state index contributed by atoms with van der Waals surface area (Å²) in [6, 6.07) is 6.84. The van der Waals surface area contributed by atoms with Gasteiger partial charge >= 0.3 is 5.69 Å². The normalized spacial score (nSPS) is 12.9. The zero-order chi connectivity index (χ0) is 17.0. The van der Waals surface area contributed by atoms with Gasteiger partial charge in [0.15, 0.2) is 5.82 Å². The molecule has 0 unspecified atom stereocenters. The van der Waals surface area contributed by atoms with E-state index in [1.54, 1.807) is 32.9 Å². The van der Waals surface area contributed by atoms with E-state index in [0.717, 1.165) is 12.0 Å². The predicted octanol–water partition coefficient (Wildman–Crippen LogP) is 1.29. The Labute approximate surface area is 134 Å². The van der Waals surface area contributed by atoms with E-state index < -0.39 is 17.3 Å². The minimum absolute atomic E-state index is 0.240. The fourth-order valence-corrected chi connectivity index (χ4v) is 2.11. The number of amides is 1. The summed E-state index contributed by atoms with van der Waals surface area (Å²) in [5, 5.41) is 18.6. The average Bonchev–Trinajstić information content (AvgIpc) is 2.91. The second kappa shape index (κ2) is 6.78. The van der Waals surface area contributed by atoms with Crippen molar-refractivity contribution in [1.82, 2.24) is 20.5 Å². The second-order valence-corrected chi connectivity index (χ2v) is 6.27. The Kier molecular flexibility index (Phi) is 5.00. The number of rotatable bonds is 6. The highest BCUT2D eigenvalue weighted by Gasteiger charge is 2.15. The first kappa shape index (κ1) is 17.0. The number of benzene rings is 1. The number of aryl methyl sites for hydroxylation is 1. The van der Waals surface area contributed by atoms with Crippen LogP contribution in [0.2, 0.25) is 0 Å². The first-order valence-corrected chi connectivity index (χ1v) is 7.51. The molecule has 0 spiro atoms. The van der Waals surface area contributed by atoms with Crippen molar-refractivity contribution in [2.24, 2.45) is 0 Å². The minimum Gasteiger partial charge on any atom is -0.390 e. The van der Waals surface area contributed by atoms with Crippen LogP contribution in [0.4, 0.5) is 0 Å². The van der Waals surface area contributed by atoms with Gasteiger partial charge in [-0.1, -0.05) is 12.1 Å². The number of hydrogen-bond donors (Lipinski definition) is 4. The number of hydrogen-bond acceptors (Lipinski definition) is 4. The number of aliphatic hydroxyl groups is 1. The molecule has 0 aliphatic carbocycles. The van der Waals surface area contributed by atoms with Gasteiger partial charge in [0, 0.05) is 5.56 Å². The molecule has 4 N–H and O–H groups in total. The number of carbonyl (C=O) groups is 1. The molecular formula is C16H22N4O3. The van der Waals surface area contributed by atoms with Gasteiger partial charge in [-0.15, -0.1) is 0 Å². The van der Waals surface area contributed by atoms with Gasteiger partial charge in [0.05, 0.1) is 11.6 Å². The summed E-state index contributed by atoms with van der Waals surface area (Å²) in [4.78, 5) is 25.7. The second-order valence-electron chi connectivity index (χ2n) is 6.27. The molecule has 0 radical (unpaired) electrons. The van der Waals surface area contributed by atoms with Crippen LogP contribution in [0, 0.1) is 0 Å². The summed E-state index contributed by atoms with van der Waals surface area (Å²) in [5.74, 6) is 0.139. The van der Waals surface area contributed by atoms with Crippen molar-refractivity contribution in [3.05, 3.63) is 51.7 Å². The maximum atomic E-state index is 12.2. The van der Waals surface area contributed by atoms with Crippen molar-refractivity contribution < 1.29 is 9.90 Å². The number of H-pyrrole nitrogens is 2. The van der Waals surface area contributed by atoms with Crippen molar-refractivity contribution in [2.75, 3.05) is 0 Å². The molecule has 2 rings (SSSR count). The van der Waals surface area contributed by atoms with Crippen molar-refractivity contribution in [3.8, 4) is 0 Å². The van der Waals surface area contributed by atoms with Crippen molar-refractivity contribution in [2.45, 2.75) is 45.3 Å². The van der Waals surface area contributed by atoms with Gasteiger partial charge < -0.3 is 10.4 Å². The zero-order valence-corrected chi connectivity index (χ0v) is 13.5. The molecule has 0 aliphatic rings. The summed E-state index contributed by atoms with van der Waals surface area (Å²) in [5.41, 5.74) is 0.485. The van der Waals surface area contributed by atoms with Crippen LogP contribution >= 0.6 is 0 Å². The molecule has 0 aliphatic heterocycles. The van der Waals surface area contributed by atoms with Crippen LogP contribution < -0.4 is 11.0 Å². The molecule has 1 aromatic carbocycles. The first-order chi connectivity index (χ1) is 10.7. The fourth-order valence-electron chi connectivity index (χ4n) is 2.11. The Morgan fingerprint density at radius 1 is 1.35 bits per heavy atom. The highest BCUT2D eigenvalue weighted by Crippen LogP contribution is 2.14. The van der Waals surface area contributed by atoms with Gasteiger partial charge in [-0.3, -0.25) is 9.78 Å². The lowest BCUT2D eigenvalue weighted by molar-refractivity contribution is 0.0713. The molecule has 0 bridgehead atoms. The number of carbonyl (C=O) groups excluding carboxylic acids is 1. The van der Waals surface area contributed by atoms with Gasteiger partial charge in [0.2, 0.25) is 0 Å². The number of aromatic amines is 2. The third-order valence-corrected chi connectivity index (χ3v) is 3.52. The zero-order valence-electron chi connectivity index (χ0n) is 13.5. The lowest BCUT2D eigenvalue weighted by Gasteiger charge is -2.16. The van der Waals surface area contributed by atoms with Crippen LogP contribution in [0.3, 0.4) is 0 Å². The van der Waals surface area contributed by atoms with E-state index in [0.29, 0.717) is 17.8 Å². The SMILES string of the molecule is C[C@@H](NC(=O)c1ccc(CCC(C)(C)O)cc1)c1n[nH]c(=O)[nH]1. The Balaban J connectivity index is 1.96. The number of nitrogens with one attached hydrogen (secondary N) is 3. The first-order valence-electron chi connectivity index (χ1n) is 7.51. The summed E-state index contributed by atoms with van der Waals surface area (Å²) in [6.45, 7) is 5.28. The van der Waals surface area contributed by atoms with Crippen molar-refractivity contribution in [1.29, 1.82) is 0 Å². The van der Waals surface area contributed by atoms with Crippen LogP contribution in [-0.2, 0) is 6.42 Å². The fraction of sp³-hybridized carbons (Fsp3) is 0.438. The third kappa shape index (κ3) is 5.07. The quantitative estimate of drug-likeness (QED) is 0.643. The molecule has 7 heteroatoms. The molecule has 1 heterocycles. The minimum atomic E-state index is -0.702. The topological polar surface area (TPSA) is 111 Å². The Hall–Kier alpha value is -2.41. The van der Waals surface area contributed by atoms with Crippen LogP contribution in [0.25, 0.3) is 0 Å². The van der Waals surface area contributed by atoms with Crippen LogP contribution in [0.15, 0.2) is 29.1 Å². The van der Waals surface area contributed by atoms with Gasteiger partial charge in [-0.05, 0) is 51.3 Å². The van der Waals surface area contributed by atoms with E-state index in [1.807, 2.05) is 12.1 Å². The number of aromatic nitrogens is 3. The van der Waals surface area contributed by atoms with E-state index in [2.05, 4.69) is 20.5 Å². The van der Waals surface area contributed by atoms with E-state index in [4.69, 9.17) is 0 Å². The van der Waals surface area contributed by atoms with Crippen molar-refractivity contribution in [3.63, 3.8) is 0 Å². The Bertz CT molecular complexity index is 710. The Morgan fingerprint density at radius 3 is 2.52 bits per heavy atom. The molecule has 23 heavy (non-hydrogen) atoms. The van der Waals surface area contributed by atoms with E-state index in [9.17, 15) is 14.7 Å².